The van der Waals surface area contributed by atoms with E-state index in [1.807, 2.05) is 12.1 Å². The van der Waals surface area contributed by atoms with E-state index >= 15 is 0 Å². The third kappa shape index (κ3) is 2.03. The highest BCUT2D eigenvalue weighted by molar-refractivity contribution is 6.18. The van der Waals surface area contributed by atoms with Crippen LogP contribution in [0.25, 0.3) is 0 Å². The van der Waals surface area contributed by atoms with Crippen molar-refractivity contribution in [3.05, 3.63) is 23.8 Å². The first-order chi connectivity index (χ1) is 8.25. The average molecular weight is 257 g/mol. The van der Waals surface area contributed by atoms with E-state index in [4.69, 9.17) is 25.9 Å². The van der Waals surface area contributed by atoms with Crippen LogP contribution in [0.15, 0.2) is 23.2 Å². The summed E-state index contributed by atoms with van der Waals surface area (Å²) in [5.41, 5.74) is 2.86. The van der Waals surface area contributed by atoms with Gasteiger partial charge in [0.1, 0.15) is 0 Å². The van der Waals surface area contributed by atoms with Gasteiger partial charge in [0, 0.05) is 5.56 Å². The number of hydroxylamine groups is 1. The maximum absolute atomic E-state index is 5.94. The molecule has 2 rings (SSSR count). The molecule has 0 radical (unpaired) electrons. The summed E-state index contributed by atoms with van der Waals surface area (Å²) in [6.45, 7) is 0. The maximum Gasteiger partial charge on any atom is 0.198 e. The van der Waals surface area contributed by atoms with Crippen molar-refractivity contribution in [2.45, 2.75) is 5.66 Å². The van der Waals surface area contributed by atoms with Crippen molar-refractivity contribution in [1.82, 2.24) is 5.48 Å². The number of methoxy groups -OCH3 is 2. The van der Waals surface area contributed by atoms with Gasteiger partial charge < -0.3 is 14.3 Å². The summed E-state index contributed by atoms with van der Waals surface area (Å²) in [5.74, 6) is 1.53. The van der Waals surface area contributed by atoms with Gasteiger partial charge in [0.05, 0.1) is 20.1 Å². The molecule has 1 heterocycles. The first kappa shape index (κ1) is 12.0. The summed E-state index contributed by atoms with van der Waals surface area (Å²) >= 11 is 5.94. The van der Waals surface area contributed by atoms with Crippen LogP contribution in [0.5, 0.6) is 11.5 Å². The number of alkyl halides is 1. The quantitative estimate of drug-likeness (QED) is 0.833. The number of hydrogen-bond donors (Lipinski definition) is 1. The van der Waals surface area contributed by atoms with Crippen molar-refractivity contribution in [2.75, 3.05) is 20.1 Å². The van der Waals surface area contributed by atoms with E-state index in [0.717, 1.165) is 5.56 Å². The van der Waals surface area contributed by atoms with E-state index in [1.54, 1.807) is 20.3 Å². The van der Waals surface area contributed by atoms with Gasteiger partial charge in [0.2, 0.25) is 0 Å². The van der Waals surface area contributed by atoms with E-state index in [9.17, 15) is 0 Å². The second kappa shape index (κ2) is 4.81. The second-order valence-electron chi connectivity index (χ2n) is 3.52. The Bertz CT molecular complexity index is 439. The molecule has 1 aromatic rings. The molecule has 0 aliphatic carbocycles. The molecule has 1 aliphatic rings. The van der Waals surface area contributed by atoms with Crippen molar-refractivity contribution >= 4 is 18.0 Å². The lowest BCUT2D eigenvalue weighted by atomic mass is 10.0. The Hall–Kier alpha value is -1.46. The summed E-state index contributed by atoms with van der Waals surface area (Å²) in [7, 11) is 3.17. The van der Waals surface area contributed by atoms with E-state index < -0.39 is 5.66 Å². The fraction of sp³-hybridized carbons (Fsp3) is 0.364. The molecule has 1 atom stereocenters. The topological polar surface area (TPSA) is 52.1 Å². The molecule has 0 saturated heterocycles. The average Bonchev–Trinajstić information content (AvgIpc) is 2.88. The van der Waals surface area contributed by atoms with E-state index in [2.05, 4.69) is 10.5 Å². The smallest absolute Gasteiger partial charge is 0.198 e. The van der Waals surface area contributed by atoms with Crippen molar-refractivity contribution in [1.29, 1.82) is 0 Å². The number of hydrogen-bond acceptors (Lipinski definition) is 5. The molecule has 0 fully saturated rings. The Kier molecular flexibility index (Phi) is 3.40. The van der Waals surface area contributed by atoms with Crippen LogP contribution in [-0.2, 0) is 10.5 Å². The Morgan fingerprint density at radius 3 is 2.65 bits per heavy atom. The van der Waals surface area contributed by atoms with Crippen molar-refractivity contribution < 1.29 is 14.3 Å². The highest BCUT2D eigenvalue weighted by Gasteiger charge is 2.35. The normalized spacial score (nSPS) is 22.3. The number of ether oxygens (including phenoxy) is 2. The molecule has 0 aromatic heterocycles. The lowest BCUT2D eigenvalue weighted by Gasteiger charge is -2.23. The van der Waals surface area contributed by atoms with Gasteiger partial charge in [0.15, 0.2) is 23.6 Å². The van der Waals surface area contributed by atoms with Crippen LogP contribution in [0, 0.1) is 0 Å². The van der Waals surface area contributed by atoms with Crippen LogP contribution in [-0.4, -0.2) is 26.5 Å². The SMILES string of the molecule is COc1ccc(C2(CCl)N=CON2)cc1OC. The molecule has 1 N–H and O–H groups in total. The predicted octanol–water partition coefficient (Wildman–Crippen LogP) is 1.66. The fourth-order valence-electron chi connectivity index (χ4n) is 1.63. The monoisotopic (exact) mass is 256 g/mol. The largest absolute Gasteiger partial charge is 0.493 e. The van der Waals surface area contributed by atoms with Gasteiger partial charge in [-0.25, -0.2) is 4.99 Å². The van der Waals surface area contributed by atoms with Gasteiger partial charge in [-0.05, 0) is 12.1 Å². The summed E-state index contributed by atoms with van der Waals surface area (Å²) < 4.78 is 10.4. The summed E-state index contributed by atoms with van der Waals surface area (Å²) in [6.07, 6.45) is 1.33. The standard InChI is InChI=1S/C11H13ClN2O3/c1-15-9-4-3-8(5-10(9)16-2)11(6-12)13-7-17-14-11/h3-5,7,14H,6H2,1-2H3. The predicted molar refractivity (Wildman–Crippen MR) is 64.7 cm³/mol. The zero-order valence-corrected chi connectivity index (χ0v) is 10.3. The molecule has 1 aromatic carbocycles. The van der Waals surface area contributed by atoms with Crippen LogP contribution in [0.3, 0.4) is 0 Å². The van der Waals surface area contributed by atoms with Crippen LogP contribution in [0.1, 0.15) is 5.56 Å². The van der Waals surface area contributed by atoms with Crippen molar-refractivity contribution in [3.63, 3.8) is 0 Å². The zero-order valence-electron chi connectivity index (χ0n) is 9.57. The fourth-order valence-corrected chi connectivity index (χ4v) is 1.91. The van der Waals surface area contributed by atoms with Crippen LogP contribution < -0.4 is 15.0 Å². The van der Waals surface area contributed by atoms with Gasteiger partial charge in [-0.15, -0.1) is 17.1 Å². The van der Waals surface area contributed by atoms with Crippen LogP contribution in [0.2, 0.25) is 0 Å². The minimum atomic E-state index is -0.763. The van der Waals surface area contributed by atoms with Gasteiger partial charge in [-0.2, -0.15) is 0 Å². The molecule has 1 unspecified atom stereocenters. The number of nitrogens with one attached hydrogen (secondary N) is 1. The number of rotatable bonds is 4. The molecular weight excluding hydrogens is 244 g/mol. The summed E-state index contributed by atoms with van der Waals surface area (Å²) in [6, 6.07) is 5.49. The van der Waals surface area contributed by atoms with Gasteiger partial charge in [-0.3, -0.25) is 0 Å². The third-order valence-electron chi connectivity index (χ3n) is 2.61. The third-order valence-corrected chi connectivity index (χ3v) is 2.99. The summed E-state index contributed by atoms with van der Waals surface area (Å²) in [4.78, 5) is 9.14. The molecule has 1 aliphatic heterocycles. The Balaban J connectivity index is 2.42. The van der Waals surface area contributed by atoms with Crippen LogP contribution in [0.4, 0.5) is 0 Å². The zero-order chi connectivity index (χ0) is 12.3. The van der Waals surface area contributed by atoms with Crippen LogP contribution >= 0.6 is 11.6 Å². The number of nitrogens with zero attached hydrogens (tertiary/aromatic N) is 1. The molecular formula is C11H13ClN2O3. The highest BCUT2D eigenvalue weighted by atomic mass is 35.5. The van der Waals surface area contributed by atoms with Gasteiger partial charge in [0.25, 0.3) is 0 Å². The first-order valence-corrected chi connectivity index (χ1v) is 5.54. The van der Waals surface area contributed by atoms with Gasteiger partial charge in [-0.1, -0.05) is 6.07 Å². The number of halogens is 1. The van der Waals surface area contributed by atoms with Crippen molar-refractivity contribution in [3.8, 4) is 11.5 Å². The second-order valence-corrected chi connectivity index (χ2v) is 3.79. The molecule has 17 heavy (non-hydrogen) atoms. The minimum Gasteiger partial charge on any atom is -0.493 e. The Morgan fingerprint density at radius 1 is 1.35 bits per heavy atom. The molecule has 0 bridgehead atoms. The molecule has 0 spiro atoms. The minimum absolute atomic E-state index is 0.249. The highest BCUT2D eigenvalue weighted by Crippen LogP contribution is 2.34. The lowest BCUT2D eigenvalue weighted by molar-refractivity contribution is 0.136. The van der Waals surface area contributed by atoms with E-state index in [-0.39, 0.29) is 5.88 Å². The first-order valence-electron chi connectivity index (χ1n) is 5.01. The molecule has 0 amide bonds. The van der Waals surface area contributed by atoms with Crippen molar-refractivity contribution in [2.24, 2.45) is 4.99 Å². The summed E-state index contributed by atoms with van der Waals surface area (Å²) in [5, 5.41) is 0. The number of aliphatic imine (C=N–C) groups is 1. The maximum atomic E-state index is 5.94. The molecule has 6 heteroatoms. The lowest BCUT2D eigenvalue weighted by Crippen LogP contribution is -2.37. The van der Waals surface area contributed by atoms with E-state index in [0.29, 0.717) is 11.5 Å². The Labute approximate surface area is 104 Å². The molecule has 0 saturated carbocycles. The van der Waals surface area contributed by atoms with Gasteiger partial charge >= 0.3 is 0 Å². The number of benzene rings is 1. The molecule has 92 valence electrons. The Morgan fingerprint density at radius 2 is 2.12 bits per heavy atom. The van der Waals surface area contributed by atoms with E-state index in [1.165, 1.54) is 6.40 Å². The molecule has 5 nitrogen and oxygen atoms in total.